The van der Waals surface area contributed by atoms with Crippen LogP contribution >= 0.6 is 0 Å². The van der Waals surface area contributed by atoms with Crippen molar-refractivity contribution in [3.8, 4) is 11.5 Å². The predicted molar refractivity (Wildman–Crippen MR) is 81.8 cm³/mol. The van der Waals surface area contributed by atoms with Gasteiger partial charge in [0.25, 0.3) is 0 Å². The Morgan fingerprint density at radius 2 is 1.70 bits per heavy atom. The second kappa shape index (κ2) is 5.49. The van der Waals surface area contributed by atoms with E-state index in [9.17, 15) is 4.79 Å². The van der Waals surface area contributed by atoms with E-state index < -0.39 is 0 Å². The smallest absolute Gasteiger partial charge is 0.153 e. The molecular weight excluding hydrogens is 248 g/mol. The molecule has 0 N–H and O–H groups in total. The highest BCUT2D eigenvalue weighted by molar-refractivity contribution is 5.79. The third-order valence-electron chi connectivity index (χ3n) is 3.28. The minimum atomic E-state index is -0.0164. The van der Waals surface area contributed by atoms with E-state index in [1.165, 1.54) is 0 Å². The average Bonchev–Trinajstić information content (AvgIpc) is 2.40. The SMILES string of the molecule is Cc1cccc(C(C)(C)C)c1Oc1ccccc1C=O. The number of para-hydroxylation sites is 2. The topological polar surface area (TPSA) is 26.3 Å². The number of aryl methyl sites for hydroxylation is 1. The largest absolute Gasteiger partial charge is 0.456 e. The second-order valence-electron chi connectivity index (χ2n) is 5.96. The first kappa shape index (κ1) is 14.3. The molecule has 0 aliphatic rings. The zero-order valence-corrected chi connectivity index (χ0v) is 12.4. The Kier molecular flexibility index (Phi) is 3.93. The summed E-state index contributed by atoms with van der Waals surface area (Å²) in [7, 11) is 0. The Morgan fingerprint density at radius 1 is 1.00 bits per heavy atom. The Balaban J connectivity index is 2.51. The van der Waals surface area contributed by atoms with Gasteiger partial charge in [-0.3, -0.25) is 4.79 Å². The number of hydrogen-bond acceptors (Lipinski definition) is 2. The van der Waals surface area contributed by atoms with Crippen LogP contribution in [-0.4, -0.2) is 6.29 Å². The zero-order valence-electron chi connectivity index (χ0n) is 12.4. The third kappa shape index (κ3) is 2.90. The third-order valence-corrected chi connectivity index (χ3v) is 3.28. The normalized spacial score (nSPS) is 11.2. The lowest BCUT2D eigenvalue weighted by atomic mass is 9.85. The summed E-state index contributed by atoms with van der Waals surface area (Å²) in [6.07, 6.45) is 0.824. The number of aldehydes is 1. The van der Waals surface area contributed by atoms with E-state index in [4.69, 9.17) is 4.74 Å². The lowest BCUT2D eigenvalue weighted by Crippen LogP contribution is -2.13. The fraction of sp³-hybridized carbons (Fsp3) is 0.278. The van der Waals surface area contributed by atoms with Gasteiger partial charge in [0, 0.05) is 5.56 Å². The molecule has 0 heterocycles. The zero-order chi connectivity index (χ0) is 14.8. The molecule has 0 aliphatic carbocycles. The van der Waals surface area contributed by atoms with Crippen molar-refractivity contribution in [2.24, 2.45) is 0 Å². The number of carbonyl (C=O) groups excluding carboxylic acids is 1. The lowest BCUT2D eigenvalue weighted by Gasteiger charge is -2.24. The van der Waals surface area contributed by atoms with Crippen molar-refractivity contribution in [2.45, 2.75) is 33.1 Å². The molecule has 0 atom stereocenters. The van der Waals surface area contributed by atoms with E-state index in [1.807, 2.05) is 37.3 Å². The van der Waals surface area contributed by atoms with Crippen molar-refractivity contribution in [3.05, 3.63) is 59.2 Å². The Labute approximate surface area is 120 Å². The van der Waals surface area contributed by atoms with Crippen LogP contribution in [0.2, 0.25) is 0 Å². The number of hydrogen-bond donors (Lipinski definition) is 0. The molecule has 20 heavy (non-hydrogen) atoms. The maximum atomic E-state index is 11.1. The molecule has 0 saturated heterocycles. The summed E-state index contributed by atoms with van der Waals surface area (Å²) in [6.45, 7) is 8.48. The quantitative estimate of drug-likeness (QED) is 0.740. The van der Waals surface area contributed by atoms with E-state index in [2.05, 4.69) is 26.8 Å². The molecule has 2 aromatic carbocycles. The molecule has 0 fully saturated rings. The molecule has 2 heteroatoms. The first-order valence-corrected chi connectivity index (χ1v) is 6.75. The van der Waals surface area contributed by atoms with Crippen LogP contribution in [0.1, 0.15) is 42.3 Å². The Bertz CT molecular complexity index is 622. The predicted octanol–water partition coefficient (Wildman–Crippen LogP) is 4.90. The number of rotatable bonds is 3. The van der Waals surface area contributed by atoms with Crippen LogP contribution in [0.15, 0.2) is 42.5 Å². The summed E-state index contributed by atoms with van der Waals surface area (Å²) in [4.78, 5) is 11.1. The van der Waals surface area contributed by atoms with E-state index >= 15 is 0 Å². The van der Waals surface area contributed by atoms with E-state index in [-0.39, 0.29) is 5.41 Å². The lowest BCUT2D eigenvalue weighted by molar-refractivity contribution is 0.112. The van der Waals surface area contributed by atoms with Crippen molar-refractivity contribution in [3.63, 3.8) is 0 Å². The van der Waals surface area contributed by atoms with Gasteiger partial charge in [-0.15, -0.1) is 0 Å². The molecule has 0 bridgehead atoms. The number of ether oxygens (including phenoxy) is 1. The summed E-state index contributed by atoms with van der Waals surface area (Å²) in [5, 5.41) is 0. The first-order chi connectivity index (χ1) is 9.43. The Hall–Kier alpha value is -2.09. The molecule has 0 aromatic heterocycles. The van der Waals surface area contributed by atoms with Crippen molar-refractivity contribution >= 4 is 6.29 Å². The molecule has 0 amide bonds. The van der Waals surface area contributed by atoms with Gasteiger partial charge in [0.05, 0.1) is 5.56 Å². The van der Waals surface area contributed by atoms with Gasteiger partial charge in [0.1, 0.15) is 11.5 Å². The van der Waals surface area contributed by atoms with Crippen LogP contribution in [0.25, 0.3) is 0 Å². The van der Waals surface area contributed by atoms with Crippen molar-refractivity contribution in [1.82, 2.24) is 0 Å². The minimum absolute atomic E-state index is 0.0164. The second-order valence-corrected chi connectivity index (χ2v) is 5.96. The fourth-order valence-electron chi connectivity index (χ4n) is 2.16. The van der Waals surface area contributed by atoms with Gasteiger partial charge in [0.2, 0.25) is 0 Å². The van der Waals surface area contributed by atoms with Crippen molar-refractivity contribution < 1.29 is 9.53 Å². The molecule has 2 rings (SSSR count). The summed E-state index contributed by atoms with van der Waals surface area (Å²) < 4.78 is 6.06. The number of benzene rings is 2. The van der Waals surface area contributed by atoms with Crippen LogP contribution in [0.3, 0.4) is 0 Å². The van der Waals surface area contributed by atoms with Gasteiger partial charge in [-0.2, -0.15) is 0 Å². The van der Waals surface area contributed by atoms with E-state index in [1.54, 1.807) is 6.07 Å². The van der Waals surface area contributed by atoms with Crippen LogP contribution < -0.4 is 4.74 Å². The molecule has 104 valence electrons. The van der Waals surface area contributed by atoms with Gasteiger partial charge in [-0.05, 0) is 30.0 Å². The van der Waals surface area contributed by atoms with Gasteiger partial charge in [-0.25, -0.2) is 0 Å². The molecule has 0 radical (unpaired) electrons. The van der Waals surface area contributed by atoms with Crippen LogP contribution in [0.5, 0.6) is 11.5 Å². The first-order valence-electron chi connectivity index (χ1n) is 6.75. The van der Waals surface area contributed by atoms with Gasteiger partial charge in [-0.1, -0.05) is 51.1 Å². The van der Waals surface area contributed by atoms with Gasteiger partial charge >= 0.3 is 0 Å². The van der Waals surface area contributed by atoms with Crippen LogP contribution in [-0.2, 0) is 5.41 Å². The summed E-state index contributed by atoms with van der Waals surface area (Å²) in [6, 6.07) is 13.4. The molecular formula is C18H20O2. The monoisotopic (exact) mass is 268 g/mol. The van der Waals surface area contributed by atoms with Crippen molar-refractivity contribution in [2.75, 3.05) is 0 Å². The van der Waals surface area contributed by atoms with Crippen molar-refractivity contribution in [1.29, 1.82) is 0 Å². The summed E-state index contributed by atoms with van der Waals surface area (Å²) in [5.41, 5.74) is 2.75. The van der Waals surface area contributed by atoms with Gasteiger partial charge in [0.15, 0.2) is 6.29 Å². The average molecular weight is 268 g/mol. The maximum absolute atomic E-state index is 11.1. The number of carbonyl (C=O) groups is 1. The summed E-state index contributed by atoms with van der Waals surface area (Å²) >= 11 is 0. The highest BCUT2D eigenvalue weighted by Crippen LogP contribution is 2.37. The Morgan fingerprint density at radius 3 is 2.35 bits per heavy atom. The van der Waals surface area contributed by atoms with Crippen LogP contribution in [0, 0.1) is 6.92 Å². The highest BCUT2D eigenvalue weighted by atomic mass is 16.5. The minimum Gasteiger partial charge on any atom is -0.456 e. The van der Waals surface area contributed by atoms with E-state index in [0.717, 1.165) is 23.2 Å². The molecule has 0 aliphatic heterocycles. The fourth-order valence-corrected chi connectivity index (χ4v) is 2.16. The van der Waals surface area contributed by atoms with E-state index in [0.29, 0.717) is 11.3 Å². The molecule has 0 unspecified atom stereocenters. The molecule has 2 nitrogen and oxygen atoms in total. The molecule has 0 spiro atoms. The highest BCUT2D eigenvalue weighted by Gasteiger charge is 2.21. The summed E-state index contributed by atoms with van der Waals surface area (Å²) in [5.74, 6) is 1.44. The maximum Gasteiger partial charge on any atom is 0.153 e. The standard InChI is InChI=1S/C18H20O2/c1-13-8-7-10-15(18(2,3)4)17(13)20-16-11-6-5-9-14(16)12-19/h5-12H,1-4H3. The van der Waals surface area contributed by atoms with Gasteiger partial charge < -0.3 is 4.74 Å². The van der Waals surface area contributed by atoms with Crippen LogP contribution in [0.4, 0.5) is 0 Å². The molecule has 2 aromatic rings. The molecule has 0 saturated carbocycles.